The van der Waals surface area contributed by atoms with Crippen molar-refractivity contribution in [3.63, 3.8) is 0 Å². The normalized spacial score (nSPS) is 18.5. The second-order valence-corrected chi connectivity index (χ2v) is 4.52. The van der Waals surface area contributed by atoms with Gasteiger partial charge in [0.1, 0.15) is 6.61 Å². The number of halogens is 2. The maximum Gasteiger partial charge on any atom is 0.250 e. The molecule has 19 heavy (non-hydrogen) atoms. The molecule has 0 aromatic carbocycles. The molecule has 1 aliphatic heterocycles. The highest BCUT2D eigenvalue weighted by molar-refractivity contribution is 6.29. The van der Waals surface area contributed by atoms with Crippen molar-refractivity contribution in [2.75, 3.05) is 25.1 Å². The average molecular weight is 289 g/mol. The number of aromatic nitrogens is 1. The van der Waals surface area contributed by atoms with Gasteiger partial charge in [-0.3, -0.25) is 4.79 Å². The minimum absolute atomic E-state index is 0.00860. The van der Waals surface area contributed by atoms with Gasteiger partial charge in [0, 0.05) is 12.8 Å². The molecule has 7 heteroatoms. The van der Waals surface area contributed by atoms with Gasteiger partial charge < -0.3 is 14.8 Å². The molecule has 104 valence electrons. The van der Waals surface area contributed by atoms with E-state index in [0.717, 1.165) is 19.4 Å². The lowest BCUT2D eigenvalue weighted by atomic mass is 10.2. The number of anilines is 1. The van der Waals surface area contributed by atoms with E-state index in [-0.39, 0.29) is 23.6 Å². The number of hydrogen-bond acceptors (Lipinski definition) is 4. The predicted molar refractivity (Wildman–Crippen MR) is 67.6 cm³/mol. The summed E-state index contributed by atoms with van der Waals surface area (Å²) in [6.07, 6.45) is 3.32. The zero-order valence-corrected chi connectivity index (χ0v) is 11.0. The van der Waals surface area contributed by atoms with Crippen molar-refractivity contribution in [3.05, 3.63) is 23.2 Å². The van der Waals surface area contributed by atoms with Gasteiger partial charge in [0.2, 0.25) is 5.91 Å². The standard InChI is InChI=1S/C12H14ClFN2O3/c13-12-11(14)9(3-4-15-12)16-10(17)7-18-6-8-2-1-5-19-8/h3-4,8H,1-2,5-7H2,(H,15,16,17). The monoisotopic (exact) mass is 288 g/mol. The summed E-state index contributed by atoms with van der Waals surface area (Å²) in [6, 6.07) is 1.33. The summed E-state index contributed by atoms with van der Waals surface area (Å²) in [6.45, 7) is 0.952. The van der Waals surface area contributed by atoms with Crippen LogP contribution in [0.2, 0.25) is 5.15 Å². The Balaban J connectivity index is 1.76. The van der Waals surface area contributed by atoms with Crippen molar-refractivity contribution in [1.82, 2.24) is 4.98 Å². The van der Waals surface area contributed by atoms with Crippen LogP contribution in [0.25, 0.3) is 0 Å². The smallest absolute Gasteiger partial charge is 0.250 e. The summed E-state index contributed by atoms with van der Waals surface area (Å²) in [5.41, 5.74) is -0.00860. The van der Waals surface area contributed by atoms with Gasteiger partial charge in [-0.1, -0.05) is 11.6 Å². The van der Waals surface area contributed by atoms with E-state index in [9.17, 15) is 9.18 Å². The Labute approximate surface area is 115 Å². The maximum absolute atomic E-state index is 13.5. The number of rotatable bonds is 5. The number of amides is 1. The molecule has 0 radical (unpaired) electrons. The Hall–Kier alpha value is -1.24. The number of nitrogens with zero attached hydrogens (tertiary/aromatic N) is 1. The molecule has 1 fully saturated rings. The molecule has 0 spiro atoms. The van der Waals surface area contributed by atoms with Gasteiger partial charge in [-0.2, -0.15) is 0 Å². The molecule has 1 aromatic rings. The van der Waals surface area contributed by atoms with E-state index in [1.165, 1.54) is 12.3 Å². The Morgan fingerprint density at radius 1 is 1.68 bits per heavy atom. The topological polar surface area (TPSA) is 60.5 Å². The first kappa shape index (κ1) is 14.2. The molecule has 0 aliphatic carbocycles. The minimum Gasteiger partial charge on any atom is -0.376 e. The molecule has 0 saturated carbocycles. The van der Waals surface area contributed by atoms with Crippen LogP contribution in [0.4, 0.5) is 10.1 Å². The summed E-state index contributed by atoms with van der Waals surface area (Å²) in [7, 11) is 0. The molecule has 1 N–H and O–H groups in total. The fourth-order valence-electron chi connectivity index (χ4n) is 1.76. The van der Waals surface area contributed by atoms with Gasteiger partial charge in [0.25, 0.3) is 0 Å². The Morgan fingerprint density at radius 2 is 2.53 bits per heavy atom. The van der Waals surface area contributed by atoms with E-state index in [1.54, 1.807) is 0 Å². The van der Waals surface area contributed by atoms with Crippen LogP contribution in [0, 0.1) is 5.82 Å². The molecule has 1 atom stereocenters. The molecule has 1 amide bonds. The molecule has 1 aromatic heterocycles. The molecular weight excluding hydrogens is 275 g/mol. The fraction of sp³-hybridized carbons (Fsp3) is 0.500. The Bertz CT molecular complexity index is 453. The van der Waals surface area contributed by atoms with Crippen LogP contribution in [-0.4, -0.2) is 36.8 Å². The van der Waals surface area contributed by atoms with Gasteiger partial charge in [0.15, 0.2) is 11.0 Å². The number of pyridine rings is 1. The van der Waals surface area contributed by atoms with Crippen molar-refractivity contribution in [1.29, 1.82) is 0 Å². The highest BCUT2D eigenvalue weighted by Gasteiger charge is 2.16. The van der Waals surface area contributed by atoms with Crippen molar-refractivity contribution >= 4 is 23.2 Å². The van der Waals surface area contributed by atoms with Crippen LogP contribution in [0.3, 0.4) is 0 Å². The second kappa shape index (κ2) is 6.79. The van der Waals surface area contributed by atoms with E-state index in [4.69, 9.17) is 21.1 Å². The van der Waals surface area contributed by atoms with E-state index in [2.05, 4.69) is 10.3 Å². The number of ether oxygens (including phenoxy) is 2. The molecule has 2 rings (SSSR count). The third kappa shape index (κ3) is 4.12. The summed E-state index contributed by atoms with van der Waals surface area (Å²) in [5, 5.41) is 2.09. The predicted octanol–water partition coefficient (Wildman–Crippen LogP) is 2.01. The summed E-state index contributed by atoms with van der Waals surface area (Å²) >= 11 is 5.50. The molecule has 5 nitrogen and oxygen atoms in total. The van der Waals surface area contributed by atoms with Crippen molar-refractivity contribution in [3.8, 4) is 0 Å². The summed E-state index contributed by atoms with van der Waals surface area (Å²) in [4.78, 5) is 15.1. The first-order valence-electron chi connectivity index (χ1n) is 5.96. The Morgan fingerprint density at radius 3 is 3.26 bits per heavy atom. The summed E-state index contributed by atoms with van der Waals surface area (Å²) in [5.74, 6) is -1.20. The summed E-state index contributed by atoms with van der Waals surface area (Å²) < 4.78 is 24.0. The van der Waals surface area contributed by atoms with Crippen LogP contribution in [-0.2, 0) is 14.3 Å². The van der Waals surface area contributed by atoms with E-state index in [0.29, 0.717) is 6.61 Å². The quantitative estimate of drug-likeness (QED) is 0.842. The van der Waals surface area contributed by atoms with Crippen LogP contribution >= 0.6 is 11.6 Å². The highest BCUT2D eigenvalue weighted by Crippen LogP contribution is 2.19. The van der Waals surface area contributed by atoms with Crippen molar-refractivity contribution < 1.29 is 18.7 Å². The fourth-order valence-corrected chi connectivity index (χ4v) is 1.92. The SMILES string of the molecule is O=C(COCC1CCCO1)Nc1ccnc(Cl)c1F. The zero-order chi connectivity index (χ0) is 13.7. The van der Waals surface area contributed by atoms with E-state index < -0.39 is 11.7 Å². The first-order chi connectivity index (χ1) is 9.16. The van der Waals surface area contributed by atoms with Crippen molar-refractivity contribution in [2.45, 2.75) is 18.9 Å². The second-order valence-electron chi connectivity index (χ2n) is 4.16. The van der Waals surface area contributed by atoms with Gasteiger partial charge in [-0.05, 0) is 18.9 Å². The molecular formula is C12H14ClFN2O3. The van der Waals surface area contributed by atoms with Gasteiger partial charge in [-0.25, -0.2) is 9.37 Å². The van der Waals surface area contributed by atoms with Gasteiger partial charge in [-0.15, -0.1) is 0 Å². The Kier molecular flexibility index (Phi) is 5.07. The molecule has 1 unspecified atom stereocenters. The first-order valence-corrected chi connectivity index (χ1v) is 6.34. The largest absolute Gasteiger partial charge is 0.376 e. The number of hydrogen-bond donors (Lipinski definition) is 1. The van der Waals surface area contributed by atoms with E-state index in [1.807, 2.05) is 0 Å². The molecule has 2 heterocycles. The van der Waals surface area contributed by atoms with Crippen LogP contribution in [0.5, 0.6) is 0 Å². The number of carbonyl (C=O) groups excluding carboxylic acids is 1. The lowest BCUT2D eigenvalue weighted by molar-refractivity contribution is -0.121. The third-order valence-electron chi connectivity index (χ3n) is 2.68. The minimum atomic E-state index is -0.753. The van der Waals surface area contributed by atoms with Crippen LogP contribution in [0.15, 0.2) is 12.3 Å². The zero-order valence-electron chi connectivity index (χ0n) is 10.2. The van der Waals surface area contributed by atoms with Crippen LogP contribution < -0.4 is 5.32 Å². The van der Waals surface area contributed by atoms with Crippen LogP contribution in [0.1, 0.15) is 12.8 Å². The highest BCUT2D eigenvalue weighted by atomic mass is 35.5. The van der Waals surface area contributed by atoms with E-state index >= 15 is 0 Å². The van der Waals surface area contributed by atoms with Gasteiger partial charge >= 0.3 is 0 Å². The lowest BCUT2D eigenvalue weighted by Gasteiger charge is -2.10. The number of nitrogens with one attached hydrogen (secondary N) is 1. The molecule has 1 saturated heterocycles. The lowest BCUT2D eigenvalue weighted by Crippen LogP contribution is -2.23. The molecule has 1 aliphatic rings. The molecule has 0 bridgehead atoms. The number of carbonyl (C=O) groups is 1. The van der Waals surface area contributed by atoms with Crippen molar-refractivity contribution in [2.24, 2.45) is 0 Å². The average Bonchev–Trinajstić information content (AvgIpc) is 2.88. The maximum atomic E-state index is 13.5. The third-order valence-corrected chi connectivity index (χ3v) is 2.95. The van der Waals surface area contributed by atoms with Gasteiger partial charge in [0.05, 0.1) is 18.4 Å².